The molecule has 2 fully saturated rings. The molecule has 0 aromatic heterocycles. The first-order valence-electron chi connectivity index (χ1n) is 7.33. The van der Waals surface area contributed by atoms with Crippen LogP contribution in [-0.4, -0.2) is 73.6 Å². The minimum absolute atomic E-state index is 0.832. The van der Waals surface area contributed by atoms with Crippen LogP contribution in [0.15, 0.2) is 0 Å². The highest BCUT2D eigenvalue weighted by atomic mass is 15.3. The van der Waals surface area contributed by atoms with E-state index in [9.17, 15) is 0 Å². The molecule has 1 heterocycles. The van der Waals surface area contributed by atoms with E-state index in [4.69, 9.17) is 0 Å². The van der Waals surface area contributed by atoms with Crippen molar-refractivity contribution >= 4 is 0 Å². The fourth-order valence-corrected chi connectivity index (χ4v) is 3.32. The van der Waals surface area contributed by atoms with Crippen LogP contribution in [0, 0.1) is 0 Å². The maximum Gasteiger partial charge on any atom is 0.0113 e. The zero-order valence-corrected chi connectivity index (χ0v) is 11.9. The average Bonchev–Trinajstić information content (AvgIpc) is 2.39. The summed E-state index contributed by atoms with van der Waals surface area (Å²) in [5.74, 6) is 0. The molecule has 1 saturated heterocycles. The Labute approximate surface area is 107 Å². The Morgan fingerprint density at radius 2 is 1.82 bits per heavy atom. The second-order valence-electron chi connectivity index (χ2n) is 5.89. The molecule has 1 saturated carbocycles. The molecular formula is C14H29N3. The quantitative estimate of drug-likeness (QED) is 0.739. The highest BCUT2D eigenvalue weighted by molar-refractivity contribution is 4.86. The van der Waals surface area contributed by atoms with Crippen LogP contribution in [0.3, 0.4) is 0 Å². The van der Waals surface area contributed by atoms with E-state index in [1.54, 1.807) is 0 Å². The van der Waals surface area contributed by atoms with Gasteiger partial charge in [0.1, 0.15) is 0 Å². The highest BCUT2D eigenvalue weighted by Gasteiger charge is 2.29. The molecule has 0 unspecified atom stereocenters. The van der Waals surface area contributed by atoms with Crippen molar-refractivity contribution in [2.75, 3.05) is 46.8 Å². The Hall–Kier alpha value is -0.120. The molecule has 3 heteroatoms. The number of likely N-dealkylation sites (N-methyl/N-ethyl adjacent to an activating group) is 1. The summed E-state index contributed by atoms with van der Waals surface area (Å²) in [6.07, 6.45) is 5.66. The van der Waals surface area contributed by atoms with Gasteiger partial charge in [0.15, 0.2) is 0 Å². The first-order chi connectivity index (χ1) is 8.20. The molecule has 0 radical (unpaired) electrons. The van der Waals surface area contributed by atoms with Gasteiger partial charge in [0.05, 0.1) is 0 Å². The monoisotopic (exact) mass is 239 g/mol. The molecule has 2 rings (SSSR count). The van der Waals surface area contributed by atoms with Crippen LogP contribution in [0.4, 0.5) is 0 Å². The number of rotatable bonds is 3. The van der Waals surface area contributed by atoms with Crippen molar-refractivity contribution in [2.24, 2.45) is 0 Å². The van der Waals surface area contributed by atoms with Crippen LogP contribution in [-0.2, 0) is 0 Å². The number of piperazine rings is 1. The van der Waals surface area contributed by atoms with Gasteiger partial charge >= 0.3 is 0 Å². The molecule has 100 valence electrons. The van der Waals surface area contributed by atoms with Crippen molar-refractivity contribution in [1.29, 1.82) is 0 Å². The van der Waals surface area contributed by atoms with Crippen molar-refractivity contribution in [3.63, 3.8) is 0 Å². The van der Waals surface area contributed by atoms with E-state index in [-0.39, 0.29) is 0 Å². The number of hydrogen-bond donors (Lipinski definition) is 0. The zero-order valence-electron chi connectivity index (χ0n) is 11.9. The summed E-state index contributed by atoms with van der Waals surface area (Å²) < 4.78 is 0. The Balaban J connectivity index is 1.84. The van der Waals surface area contributed by atoms with Gasteiger partial charge in [-0.1, -0.05) is 13.3 Å². The molecule has 1 aliphatic carbocycles. The average molecular weight is 239 g/mol. The topological polar surface area (TPSA) is 9.72 Å². The van der Waals surface area contributed by atoms with Gasteiger partial charge in [0.25, 0.3) is 0 Å². The zero-order chi connectivity index (χ0) is 12.3. The van der Waals surface area contributed by atoms with Gasteiger partial charge < -0.3 is 9.80 Å². The summed E-state index contributed by atoms with van der Waals surface area (Å²) in [5.41, 5.74) is 0. The third kappa shape index (κ3) is 3.43. The predicted octanol–water partition coefficient (Wildman–Crippen LogP) is 1.50. The molecular weight excluding hydrogens is 210 g/mol. The standard InChI is InChI=1S/C14H29N3/c1-4-16(3)13-6-5-7-14(12-13)17-10-8-15(2)9-11-17/h13-14H,4-12H2,1-3H3/t13-,14+/m1/s1. The minimum atomic E-state index is 0.832. The highest BCUT2D eigenvalue weighted by Crippen LogP contribution is 2.26. The first-order valence-corrected chi connectivity index (χ1v) is 7.33. The number of nitrogens with zero attached hydrogens (tertiary/aromatic N) is 3. The molecule has 0 amide bonds. The molecule has 0 N–H and O–H groups in total. The van der Waals surface area contributed by atoms with E-state index in [1.165, 1.54) is 58.4 Å². The Kier molecular flexibility index (Phi) is 4.83. The van der Waals surface area contributed by atoms with E-state index in [0.29, 0.717) is 0 Å². The second kappa shape index (κ2) is 6.17. The lowest BCUT2D eigenvalue weighted by Gasteiger charge is -2.43. The summed E-state index contributed by atoms with van der Waals surface area (Å²) in [6.45, 7) is 8.54. The summed E-state index contributed by atoms with van der Waals surface area (Å²) in [7, 11) is 4.53. The lowest BCUT2D eigenvalue weighted by atomic mass is 9.89. The van der Waals surface area contributed by atoms with Crippen LogP contribution in [0.1, 0.15) is 32.6 Å². The smallest absolute Gasteiger partial charge is 0.0113 e. The largest absolute Gasteiger partial charge is 0.304 e. The summed E-state index contributed by atoms with van der Waals surface area (Å²) in [4.78, 5) is 7.74. The van der Waals surface area contributed by atoms with E-state index >= 15 is 0 Å². The van der Waals surface area contributed by atoms with E-state index < -0.39 is 0 Å². The normalized spacial score (nSPS) is 33.2. The van der Waals surface area contributed by atoms with Crippen molar-refractivity contribution in [3.8, 4) is 0 Å². The Morgan fingerprint density at radius 3 is 2.47 bits per heavy atom. The SMILES string of the molecule is CCN(C)[C@@H]1CCC[C@H](N2CCN(C)CC2)C1. The third-order valence-electron chi connectivity index (χ3n) is 4.80. The third-order valence-corrected chi connectivity index (χ3v) is 4.80. The maximum atomic E-state index is 2.75. The van der Waals surface area contributed by atoms with Crippen molar-refractivity contribution < 1.29 is 0 Å². The summed E-state index contributed by atoms with van der Waals surface area (Å²) in [6, 6.07) is 1.69. The van der Waals surface area contributed by atoms with E-state index in [0.717, 1.165) is 12.1 Å². The lowest BCUT2D eigenvalue weighted by Crippen LogP contribution is -2.52. The van der Waals surface area contributed by atoms with Gasteiger partial charge in [-0.3, -0.25) is 4.90 Å². The van der Waals surface area contributed by atoms with Gasteiger partial charge in [-0.25, -0.2) is 0 Å². The number of hydrogen-bond acceptors (Lipinski definition) is 3. The van der Waals surface area contributed by atoms with E-state index in [1.807, 2.05) is 0 Å². The van der Waals surface area contributed by atoms with Gasteiger partial charge in [-0.2, -0.15) is 0 Å². The van der Waals surface area contributed by atoms with Crippen molar-refractivity contribution in [3.05, 3.63) is 0 Å². The van der Waals surface area contributed by atoms with Crippen molar-refractivity contribution in [2.45, 2.75) is 44.7 Å². The van der Waals surface area contributed by atoms with Gasteiger partial charge in [0.2, 0.25) is 0 Å². The maximum absolute atomic E-state index is 2.75. The summed E-state index contributed by atoms with van der Waals surface area (Å²) in [5, 5.41) is 0. The predicted molar refractivity (Wildman–Crippen MR) is 73.4 cm³/mol. The van der Waals surface area contributed by atoms with Crippen LogP contribution < -0.4 is 0 Å². The van der Waals surface area contributed by atoms with Gasteiger partial charge in [-0.05, 0) is 39.9 Å². The molecule has 2 aliphatic rings. The van der Waals surface area contributed by atoms with Crippen LogP contribution in [0.25, 0.3) is 0 Å². The van der Waals surface area contributed by atoms with Crippen LogP contribution >= 0.6 is 0 Å². The Morgan fingerprint density at radius 1 is 1.12 bits per heavy atom. The van der Waals surface area contributed by atoms with Crippen LogP contribution in [0.5, 0.6) is 0 Å². The Bertz CT molecular complexity index is 224. The molecule has 0 bridgehead atoms. The van der Waals surface area contributed by atoms with Gasteiger partial charge in [-0.15, -0.1) is 0 Å². The molecule has 17 heavy (non-hydrogen) atoms. The second-order valence-corrected chi connectivity index (χ2v) is 5.89. The molecule has 2 atom stereocenters. The lowest BCUT2D eigenvalue weighted by molar-refractivity contribution is 0.0631. The van der Waals surface area contributed by atoms with Gasteiger partial charge in [0, 0.05) is 38.3 Å². The molecule has 0 aromatic carbocycles. The fourth-order valence-electron chi connectivity index (χ4n) is 3.32. The first kappa shape index (κ1) is 13.3. The van der Waals surface area contributed by atoms with Crippen molar-refractivity contribution in [1.82, 2.24) is 14.7 Å². The summed E-state index contributed by atoms with van der Waals surface area (Å²) >= 11 is 0. The molecule has 3 nitrogen and oxygen atoms in total. The van der Waals surface area contributed by atoms with E-state index in [2.05, 4.69) is 35.7 Å². The molecule has 0 aromatic rings. The molecule has 0 spiro atoms. The molecule has 1 aliphatic heterocycles. The van der Waals surface area contributed by atoms with Crippen LogP contribution in [0.2, 0.25) is 0 Å². The minimum Gasteiger partial charge on any atom is -0.304 e. The fraction of sp³-hybridized carbons (Fsp3) is 1.00.